The Balaban J connectivity index is 1.57. The molecule has 4 atom stereocenters. The van der Waals surface area contributed by atoms with Crippen LogP contribution < -0.4 is 5.73 Å². The van der Waals surface area contributed by atoms with E-state index in [9.17, 15) is 9.59 Å². The summed E-state index contributed by atoms with van der Waals surface area (Å²) in [6.07, 6.45) is 4.60. The summed E-state index contributed by atoms with van der Waals surface area (Å²) in [7, 11) is 3.62. The SMILES string of the molecule is CN1C(=O)CCC(C(=O)N2C[C@@H](N)[C@H](c3ccccc3)C2)C1c1cnn(C)c1. The van der Waals surface area contributed by atoms with Gasteiger partial charge in [-0.2, -0.15) is 5.10 Å². The van der Waals surface area contributed by atoms with Crippen LogP contribution in [0.4, 0.5) is 0 Å². The Bertz CT molecular complexity index is 865. The molecule has 2 aromatic rings. The van der Waals surface area contributed by atoms with Gasteiger partial charge in [0.05, 0.1) is 18.2 Å². The van der Waals surface area contributed by atoms with Gasteiger partial charge in [0.15, 0.2) is 0 Å². The molecule has 4 rings (SSSR count). The van der Waals surface area contributed by atoms with Crippen molar-refractivity contribution < 1.29 is 9.59 Å². The number of hydrogen-bond acceptors (Lipinski definition) is 4. The molecule has 2 aliphatic heterocycles. The number of piperidine rings is 1. The zero-order valence-corrected chi connectivity index (χ0v) is 16.4. The molecule has 2 fully saturated rings. The Labute approximate surface area is 165 Å². The second kappa shape index (κ2) is 7.39. The Kier molecular flexibility index (Phi) is 4.93. The van der Waals surface area contributed by atoms with Crippen LogP contribution in [0.3, 0.4) is 0 Å². The van der Waals surface area contributed by atoms with E-state index in [1.165, 1.54) is 5.56 Å². The van der Waals surface area contributed by atoms with Gasteiger partial charge in [-0.05, 0) is 12.0 Å². The monoisotopic (exact) mass is 381 g/mol. The van der Waals surface area contributed by atoms with Crippen LogP contribution in [0, 0.1) is 5.92 Å². The van der Waals surface area contributed by atoms with Crippen LogP contribution in [0.2, 0.25) is 0 Å². The topological polar surface area (TPSA) is 84.5 Å². The number of amides is 2. The lowest BCUT2D eigenvalue weighted by Gasteiger charge is -2.39. The lowest BCUT2D eigenvalue weighted by atomic mass is 9.84. The summed E-state index contributed by atoms with van der Waals surface area (Å²) in [6.45, 7) is 1.17. The molecule has 2 N–H and O–H groups in total. The van der Waals surface area contributed by atoms with Crippen LogP contribution in [0.5, 0.6) is 0 Å². The quantitative estimate of drug-likeness (QED) is 0.868. The van der Waals surface area contributed by atoms with Crippen molar-refractivity contribution in [3.63, 3.8) is 0 Å². The molecule has 0 radical (unpaired) electrons. The molecule has 0 spiro atoms. The fourth-order valence-corrected chi connectivity index (χ4v) is 4.64. The number of nitrogens with two attached hydrogens (primary N) is 1. The highest BCUT2D eigenvalue weighted by Crippen LogP contribution is 2.38. The molecule has 1 aromatic carbocycles. The van der Waals surface area contributed by atoms with E-state index in [-0.39, 0.29) is 35.7 Å². The van der Waals surface area contributed by atoms with Crippen molar-refractivity contribution in [3.05, 3.63) is 53.9 Å². The molecule has 2 saturated heterocycles. The highest BCUT2D eigenvalue weighted by molar-refractivity contribution is 5.85. The van der Waals surface area contributed by atoms with Crippen molar-refractivity contribution in [1.82, 2.24) is 19.6 Å². The fraction of sp³-hybridized carbons (Fsp3) is 0.476. The Morgan fingerprint density at radius 2 is 1.89 bits per heavy atom. The number of rotatable bonds is 3. The summed E-state index contributed by atoms with van der Waals surface area (Å²) in [4.78, 5) is 29.4. The van der Waals surface area contributed by atoms with Crippen LogP contribution in [0.1, 0.15) is 35.9 Å². The second-order valence-corrected chi connectivity index (χ2v) is 7.97. The number of likely N-dealkylation sites (tertiary alicyclic amines) is 2. The summed E-state index contributed by atoms with van der Waals surface area (Å²) in [6, 6.07) is 9.79. The minimum Gasteiger partial charge on any atom is -0.340 e. The van der Waals surface area contributed by atoms with Crippen molar-refractivity contribution in [2.75, 3.05) is 20.1 Å². The summed E-state index contributed by atoms with van der Waals surface area (Å²) in [5, 5.41) is 4.24. The maximum Gasteiger partial charge on any atom is 0.228 e. The molecular formula is C21H27N5O2. The first kappa shape index (κ1) is 18.7. The Morgan fingerprint density at radius 3 is 2.57 bits per heavy atom. The molecule has 2 amide bonds. The maximum absolute atomic E-state index is 13.5. The first-order valence-electron chi connectivity index (χ1n) is 9.79. The summed E-state index contributed by atoms with van der Waals surface area (Å²) in [5.41, 5.74) is 8.47. The van der Waals surface area contributed by atoms with Gasteiger partial charge in [0.2, 0.25) is 11.8 Å². The lowest BCUT2D eigenvalue weighted by molar-refractivity contribution is -0.146. The van der Waals surface area contributed by atoms with E-state index in [4.69, 9.17) is 5.73 Å². The number of aromatic nitrogens is 2. The van der Waals surface area contributed by atoms with E-state index in [1.807, 2.05) is 36.3 Å². The molecule has 2 unspecified atom stereocenters. The highest BCUT2D eigenvalue weighted by Gasteiger charge is 2.43. The minimum absolute atomic E-state index is 0.0678. The average molecular weight is 381 g/mol. The van der Waals surface area contributed by atoms with Crippen LogP contribution >= 0.6 is 0 Å². The van der Waals surface area contributed by atoms with Crippen LogP contribution in [0.25, 0.3) is 0 Å². The molecule has 148 valence electrons. The van der Waals surface area contributed by atoms with Gasteiger partial charge in [-0.25, -0.2) is 0 Å². The third-order valence-electron chi connectivity index (χ3n) is 6.15. The maximum atomic E-state index is 13.5. The molecule has 0 bridgehead atoms. The number of carbonyl (C=O) groups excluding carboxylic acids is 2. The summed E-state index contributed by atoms with van der Waals surface area (Å²) in [5.74, 6) is 0.0267. The first-order chi connectivity index (χ1) is 13.5. The molecule has 0 saturated carbocycles. The fourth-order valence-electron chi connectivity index (χ4n) is 4.64. The third-order valence-corrected chi connectivity index (χ3v) is 6.15. The molecule has 28 heavy (non-hydrogen) atoms. The molecule has 3 heterocycles. The van der Waals surface area contributed by atoms with Gasteiger partial charge in [0, 0.05) is 57.3 Å². The molecular weight excluding hydrogens is 354 g/mol. The van der Waals surface area contributed by atoms with Gasteiger partial charge in [0.1, 0.15) is 0 Å². The van der Waals surface area contributed by atoms with Crippen molar-refractivity contribution in [3.8, 4) is 0 Å². The van der Waals surface area contributed by atoms with Crippen molar-refractivity contribution in [2.45, 2.75) is 30.8 Å². The summed E-state index contributed by atoms with van der Waals surface area (Å²) < 4.78 is 1.71. The van der Waals surface area contributed by atoms with Gasteiger partial charge in [-0.1, -0.05) is 30.3 Å². The van der Waals surface area contributed by atoms with Crippen molar-refractivity contribution in [2.24, 2.45) is 18.7 Å². The van der Waals surface area contributed by atoms with Gasteiger partial charge in [-0.3, -0.25) is 14.3 Å². The molecule has 2 aliphatic rings. The molecule has 1 aromatic heterocycles. The average Bonchev–Trinajstić information content (AvgIpc) is 3.29. The van der Waals surface area contributed by atoms with E-state index < -0.39 is 0 Å². The molecule has 7 nitrogen and oxygen atoms in total. The minimum atomic E-state index is -0.283. The van der Waals surface area contributed by atoms with Gasteiger partial charge in [-0.15, -0.1) is 0 Å². The smallest absolute Gasteiger partial charge is 0.228 e. The number of benzene rings is 1. The predicted molar refractivity (Wildman–Crippen MR) is 105 cm³/mol. The normalized spacial score (nSPS) is 28.0. The number of aryl methyl sites for hydroxylation is 1. The zero-order valence-electron chi connectivity index (χ0n) is 16.4. The number of hydrogen-bond donors (Lipinski definition) is 1. The van der Waals surface area contributed by atoms with Crippen LogP contribution in [0.15, 0.2) is 42.7 Å². The van der Waals surface area contributed by atoms with E-state index in [0.717, 1.165) is 5.56 Å². The van der Waals surface area contributed by atoms with E-state index in [0.29, 0.717) is 25.9 Å². The second-order valence-electron chi connectivity index (χ2n) is 7.97. The first-order valence-corrected chi connectivity index (χ1v) is 9.79. The Hall–Kier alpha value is -2.67. The standard InChI is InChI=1S/C21H27N5O2/c1-24-11-15(10-23-24)20-16(8-9-19(27)25(20)2)21(28)26-12-17(18(22)13-26)14-6-4-3-5-7-14/h3-7,10-11,16-18,20H,8-9,12-13,22H2,1-2H3/t16?,17-,18+,20?/m0/s1. The zero-order chi connectivity index (χ0) is 19.8. The van der Waals surface area contributed by atoms with Crippen molar-refractivity contribution >= 4 is 11.8 Å². The largest absolute Gasteiger partial charge is 0.340 e. The highest BCUT2D eigenvalue weighted by atomic mass is 16.2. The van der Waals surface area contributed by atoms with E-state index in [1.54, 1.807) is 22.8 Å². The van der Waals surface area contributed by atoms with Gasteiger partial charge < -0.3 is 15.5 Å². The van der Waals surface area contributed by atoms with E-state index >= 15 is 0 Å². The molecule has 7 heteroatoms. The number of nitrogens with zero attached hydrogens (tertiary/aromatic N) is 4. The van der Waals surface area contributed by atoms with Crippen molar-refractivity contribution in [1.29, 1.82) is 0 Å². The Morgan fingerprint density at radius 1 is 1.14 bits per heavy atom. The summed E-state index contributed by atoms with van der Waals surface area (Å²) >= 11 is 0. The lowest BCUT2D eigenvalue weighted by Crippen LogP contribution is -2.47. The van der Waals surface area contributed by atoms with Crippen LogP contribution in [-0.4, -0.2) is 57.6 Å². The van der Waals surface area contributed by atoms with Crippen LogP contribution in [-0.2, 0) is 16.6 Å². The number of carbonyl (C=O) groups is 2. The third kappa shape index (κ3) is 3.30. The van der Waals surface area contributed by atoms with Gasteiger partial charge in [0.25, 0.3) is 0 Å². The van der Waals surface area contributed by atoms with Gasteiger partial charge >= 0.3 is 0 Å². The predicted octanol–water partition coefficient (Wildman–Crippen LogP) is 1.28. The molecule has 0 aliphatic carbocycles. The van der Waals surface area contributed by atoms with E-state index in [2.05, 4.69) is 17.2 Å².